The van der Waals surface area contributed by atoms with Gasteiger partial charge < -0.3 is 10.0 Å². The van der Waals surface area contributed by atoms with Crippen LogP contribution in [0, 0.1) is 0 Å². The van der Waals surface area contributed by atoms with Crippen molar-refractivity contribution < 1.29 is 5.11 Å². The highest BCUT2D eigenvalue weighted by molar-refractivity contribution is 7.15. The first-order valence-electron chi connectivity index (χ1n) is 5.20. The number of aliphatic hydroxyl groups excluding tert-OH is 1. The minimum absolute atomic E-state index is 0.0443. The van der Waals surface area contributed by atoms with Gasteiger partial charge in [-0.15, -0.1) is 0 Å². The van der Waals surface area contributed by atoms with E-state index in [-0.39, 0.29) is 6.61 Å². The van der Waals surface area contributed by atoms with Crippen LogP contribution in [0.5, 0.6) is 0 Å². The molecule has 0 bridgehead atoms. The number of thiazole rings is 1. The van der Waals surface area contributed by atoms with Gasteiger partial charge >= 0.3 is 0 Å². The Morgan fingerprint density at radius 2 is 2.29 bits per heavy atom. The number of aliphatic hydroxyl groups is 1. The summed E-state index contributed by atoms with van der Waals surface area (Å²) in [6.45, 7) is 0.793. The Bertz CT molecular complexity index is 501. The quantitative estimate of drug-likeness (QED) is 0.926. The van der Waals surface area contributed by atoms with E-state index in [9.17, 15) is 0 Å². The number of nitrogens with zero attached hydrogens (tertiary/aromatic N) is 2. The highest BCUT2D eigenvalue weighted by Crippen LogP contribution is 2.23. The Morgan fingerprint density at radius 3 is 2.94 bits per heavy atom. The standard InChI is InChI=1S/C12H13ClN2OS/c1-15(12-14-6-11(8-16)17-12)7-9-3-2-4-10(13)5-9/h2-6,16H,7-8H2,1H3. The van der Waals surface area contributed by atoms with Gasteiger partial charge in [0.2, 0.25) is 0 Å². The van der Waals surface area contributed by atoms with E-state index < -0.39 is 0 Å². The van der Waals surface area contributed by atoms with Crippen LogP contribution in [0.25, 0.3) is 0 Å². The summed E-state index contributed by atoms with van der Waals surface area (Å²) < 4.78 is 0. The molecule has 0 saturated heterocycles. The van der Waals surface area contributed by atoms with Gasteiger partial charge in [-0.05, 0) is 17.7 Å². The van der Waals surface area contributed by atoms with Crippen molar-refractivity contribution in [2.24, 2.45) is 0 Å². The Morgan fingerprint density at radius 1 is 1.47 bits per heavy atom. The van der Waals surface area contributed by atoms with Crippen molar-refractivity contribution >= 4 is 28.1 Å². The zero-order chi connectivity index (χ0) is 12.3. The van der Waals surface area contributed by atoms with Gasteiger partial charge in [0.15, 0.2) is 5.13 Å². The lowest BCUT2D eigenvalue weighted by molar-refractivity contribution is 0.285. The summed E-state index contributed by atoms with van der Waals surface area (Å²) >= 11 is 7.43. The second kappa shape index (κ2) is 5.49. The number of benzene rings is 1. The summed E-state index contributed by atoms with van der Waals surface area (Å²) in [5, 5.41) is 10.6. The van der Waals surface area contributed by atoms with Gasteiger partial charge in [0, 0.05) is 24.8 Å². The van der Waals surface area contributed by atoms with E-state index in [0.717, 1.165) is 27.1 Å². The molecule has 0 amide bonds. The van der Waals surface area contributed by atoms with Gasteiger partial charge in [0.25, 0.3) is 0 Å². The maximum atomic E-state index is 8.99. The topological polar surface area (TPSA) is 36.4 Å². The SMILES string of the molecule is CN(Cc1cccc(Cl)c1)c1ncc(CO)s1. The van der Waals surface area contributed by atoms with Crippen LogP contribution in [-0.2, 0) is 13.2 Å². The molecule has 3 nitrogen and oxygen atoms in total. The lowest BCUT2D eigenvalue weighted by atomic mass is 10.2. The Labute approximate surface area is 109 Å². The summed E-state index contributed by atoms with van der Waals surface area (Å²) in [6, 6.07) is 7.77. The third kappa shape index (κ3) is 3.19. The fourth-order valence-electron chi connectivity index (χ4n) is 1.52. The van der Waals surface area contributed by atoms with Crippen LogP contribution in [0.4, 0.5) is 5.13 Å². The summed E-state index contributed by atoms with van der Waals surface area (Å²) in [5.41, 5.74) is 1.14. The van der Waals surface area contributed by atoms with Gasteiger partial charge in [-0.25, -0.2) is 4.98 Å². The highest BCUT2D eigenvalue weighted by Gasteiger charge is 2.07. The molecule has 0 atom stereocenters. The molecule has 1 heterocycles. The maximum Gasteiger partial charge on any atom is 0.185 e. The molecule has 0 radical (unpaired) electrons. The predicted molar refractivity (Wildman–Crippen MR) is 71.6 cm³/mol. The Balaban J connectivity index is 2.08. The molecule has 0 aliphatic carbocycles. The fraction of sp³-hybridized carbons (Fsp3) is 0.250. The van der Waals surface area contributed by atoms with Crippen LogP contribution >= 0.6 is 22.9 Å². The smallest absolute Gasteiger partial charge is 0.185 e. The second-order valence-electron chi connectivity index (χ2n) is 3.75. The fourth-order valence-corrected chi connectivity index (χ4v) is 2.47. The molecule has 1 N–H and O–H groups in total. The lowest BCUT2D eigenvalue weighted by Gasteiger charge is -2.15. The summed E-state index contributed by atoms with van der Waals surface area (Å²) in [5.74, 6) is 0. The summed E-state index contributed by atoms with van der Waals surface area (Å²) in [6.07, 6.45) is 1.70. The Hall–Kier alpha value is -1.10. The van der Waals surface area contributed by atoms with Crippen molar-refractivity contribution in [3.05, 3.63) is 45.9 Å². The first-order chi connectivity index (χ1) is 8.19. The molecule has 1 aromatic carbocycles. The molecule has 0 unspecified atom stereocenters. The van der Waals surface area contributed by atoms with Gasteiger partial charge in [0.1, 0.15) is 0 Å². The molecule has 2 rings (SSSR count). The average Bonchev–Trinajstić information content (AvgIpc) is 2.77. The molecule has 0 aliphatic rings. The van der Waals surface area contributed by atoms with Gasteiger partial charge in [-0.3, -0.25) is 0 Å². The van der Waals surface area contributed by atoms with E-state index in [1.807, 2.05) is 36.2 Å². The van der Waals surface area contributed by atoms with E-state index in [4.69, 9.17) is 16.7 Å². The van der Waals surface area contributed by atoms with Crippen LogP contribution in [0.2, 0.25) is 5.02 Å². The molecule has 90 valence electrons. The highest BCUT2D eigenvalue weighted by atomic mass is 35.5. The molecular formula is C12H13ClN2OS. The van der Waals surface area contributed by atoms with Crippen LogP contribution in [0.3, 0.4) is 0 Å². The largest absolute Gasteiger partial charge is 0.391 e. The third-order valence-electron chi connectivity index (χ3n) is 2.33. The molecule has 17 heavy (non-hydrogen) atoms. The van der Waals surface area contributed by atoms with Crippen molar-refractivity contribution in [3.63, 3.8) is 0 Å². The lowest BCUT2D eigenvalue weighted by Crippen LogP contribution is -2.15. The van der Waals surface area contributed by atoms with Crippen LogP contribution in [0.1, 0.15) is 10.4 Å². The van der Waals surface area contributed by atoms with Crippen molar-refractivity contribution in [1.29, 1.82) is 0 Å². The summed E-state index contributed by atoms with van der Waals surface area (Å²) in [4.78, 5) is 7.17. The molecule has 0 spiro atoms. The molecule has 0 fully saturated rings. The van der Waals surface area contributed by atoms with Crippen LogP contribution < -0.4 is 4.90 Å². The monoisotopic (exact) mass is 268 g/mol. The third-order valence-corrected chi connectivity index (χ3v) is 3.66. The van der Waals surface area contributed by atoms with E-state index in [1.165, 1.54) is 11.3 Å². The number of hydrogen-bond donors (Lipinski definition) is 1. The molecular weight excluding hydrogens is 256 g/mol. The Kier molecular flexibility index (Phi) is 3.99. The van der Waals surface area contributed by atoms with E-state index in [2.05, 4.69) is 4.98 Å². The predicted octanol–water partition coefficient (Wildman–Crippen LogP) is 2.93. The molecule has 0 saturated carbocycles. The van der Waals surface area contributed by atoms with E-state index in [1.54, 1.807) is 6.20 Å². The zero-order valence-electron chi connectivity index (χ0n) is 9.43. The number of rotatable bonds is 4. The van der Waals surface area contributed by atoms with Crippen molar-refractivity contribution in [2.45, 2.75) is 13.2 Å². The minimum atomic E-state index is 0.0443. The van der Waals surface area contributed by atoms with Gasteiger partial charge in [-0.2, -0.15) is 0 Å². The normalized spacial score (nSPS) is 10.5. The van der Waals surface area contributed by atoms with Crippen molar-refractivity contribution in [3.8, 4) is 0 Å². The van der Waals surface area contributed by atoms with Crippen molar-refractivity contribution in [2.75, 3.05) is 11.9 Å². The first kappa shape index (κ1) is 12.4. The second-order valence-corrected chi connectivity index (χ2v) is 5.28. The number of halogens is 1. The molecule has 5 heteroatoms. The van der Waals surface area contributed by atoms with Crippen LogP contribution in [-0.4, -0.2) is 17.1 Å². The minimum Gasteiger partial charge on any atom is -0.391 e. The van der Waals surface area contributed by atoms with Crippen LogP contribution in [0.15, 0.2) is 30.5 Å². The number of anilines is 1. The summed E-state index contributed by atoms with van der Waals surface area (Å²) in [7, 11) is 1.97. The van der Waals surface area contributed by atoms with E-state index in [0.29, 0.717) is 0 Å². The van der Waals surface area contributed by atoms with Crippen molar-refractivity contribution in [1.82, 2.24) is 4.98 Å². The molecule has 2 aromatic rings. The zero-order valence-corrected chi connectivity index (χ0v) is 11.0. The first-order valence-corrected chi connectivity index (χ1v) is 6.39. The van der Waals surface area contributed by atoms with Gasteiger partial charge in [0.05, 0.1) is 11.5 Å². The number of hydrogen-bond acceptors (Lipinski definition) is 4. The molecule has 1 aromatic heterocycles. The average molecular weight is 269 g/mol. The van der Waals surface area contributed by atoms with Gasteiger partial charge in [-0.1, -0.05) is 35.1 Å². The van der Waals surface area contributed by atoms with E-state index >= 15 is 0 Å². The molecule has 0 aliphatic heterocycles. The maximum absolute atomic E-state index is 8.99. The number of aromatic nitrogens is 1.